The van der Waals surface area contributed by atoms with Gasteiger partial charge in [0.25, 0.3) is 5.91 Å². The maximum atomic E-state index is 14.2. The van der Waals surface area contributed by atoms with Gasteiger partial charge < -0.3 is 15.5 Å². The lowest BCUT2D eigenvalue weighted by atomic mass is 9.97. The molecule has 0 spiro atoms. The van der Waals surface area contributed by atoms with Crippen LogP contribution in [0.3, 0.4) is 0 Å². The van der Waals surface area contributed by atoms with E-state index in [9.17, 15) is 22.4 Å². The molecule has 0 unspecified atom stereocenters. The van der Waals surface area contributed by atoms with Gasteiger partial charge in [-0.15, -0.1) is 0 Å². The fraction of sp³-hybridized carbons (Fsp3) is 0.333. The minimum atomic E-state index is -4.71. The summed E-state index contributed by atoms with van der Waals surface area (Å²) in [5.41, 5.74) is -0.716. The zero-order valence-electron chi connectivity index (χ0n) is 14.3. The molecule has 4 rings (SSSR count). The van der Waals surface area contributed by atoms with Gasteiger partial charge in [-0.05, 0) is 24.6 Å². The average molecular weight is 380 g/mol. The topological polar surface area (TPSA) is 57.3 Å². The Morgan fingerprint density at radius 2 is 2.07 bits per heavy atom. The number of aryl methyl sites for hydroxylation is 1. The molecule has 1 amide bonds. The van der Waals surface area contributed by atoms with Crippen molar-refractivity contribution in [1.29, 1.82) is 0 Å². The van der Waals surface area contributed by atoms with Crippen molar-refractivity contribution in [3.8, 4) is 0 Å². The molecule has 0 aliphatic carbocycles. The summed E-state index contributed by atoms with van der Waals surface area (Å²) in [7, 11) is 0. The number of nitrogens with zero attached hydrogens (tertiary/aromatic N) is 2. The fourth-order valence-electron chi connectivity index (χ4n) is 3.62. The monoisotopic (exact) mass is 380 g/mol. The molecule has 142 valence electrons. The van der Waals surface area contributed by atoms with Gasteiger partial charge in [0, 0.05) is 37.1 Å². The molecule has 1 atom stereocenters. The molecule has 9 heteroatoms. The smallest absolute Gasteiger partial charge is 0.352 e. The van der Waals surface area contributed by atoms with Crippen LogP contribution in [-0.2, 0) is 6.18 Å². The molecule has 1 fully saturated rings. The summed E-state index contributed by atoms with van der Waals surface area (Å²) in [6.45, 7) is 2.76. The molecule has 2 aliphatic heterocycles. The fourth-order valence-corrected chi connectivity index (χ4v) is 3.62. The summed E-state index contributed by atoms with van der Waals surface area (Å²) < 4.78 is 55.2. The van der Waals surface area contributed by atoms with Gasteiger partial charge >= 0.3 is 6.18 Å². The van der Waals surface area contributed by atoms with Gasteiger partial charge in [0.1, 0.15) is 0 Å². The van der Waals surface area contributed by atoms with E-state index in [4.69, 9.17) is 0 Å². The first kappa shape index (κ1) is 17.7. The van der Waals surface area contributed by atoms with Gasteiger partial charge in [-0.2, -0.15) is 13.2 Å². The number of halogens is 4. The average Bonchev–Trinajstić information content (AvgIpc) is 2.91. The number of carbonyl (C=O) groups excluding carboxylic acids is 1. The van der Waals surface area contributed by atoms with Gasteiger partial charge in [-0.1, -0.05) is 0 Å². The van der Waals surface area contributed by atoms with Crippen LogP contribution in [0.2, 0.25) is 0 Å². The lowest BCUT2D eigenvalue weighted by molar-refractivity contribution is -0.137. The molecular formula is C18H16F4N4O. The van der Waals surface area contributed by atoms with Crippen LogP contribution < -0.4 is 10.6 Å². The summed E-state index contributed by atoms with van der Waals surface area (Å²) in [6, 6.07) is 1.87. The number of rotatable bonds is 2. The Morgan fingerprint density at radius 3 is 2.81 bits per heavy atom. The maximum Gasteiger partial charge on any atom is 0.417 e. The third kappa shape index (κ3) is 2.91. The number of piperazine rings is 1. The number of benzene rings is 1. The van der Waals surface area contributed by atoms with Crippen molar-refractivity contribution in [1.82, 2.24) is 15.2 Å². The van der Waals surface area contributed by atoms with E-state index >= 15 is 0 Å². The van der Waals surface area contributed by atoms with Gasteiger partial charge in [0.15, 0.2) is 5.82 Å². The Hall–Kier alpha value is -2.68. The van der Waals surface area contributed by atoms with Gasteiger partial charge in [-0.3, -0.25) is 9.78 Å². The maximum absolute atomic E-state index is 14.2. The number of fused-ring (bicyclic) bond motifs is 3. The normalized spacial score (nSPS) is 19.1. The molecule has 0 bridgehead atoms. The molecule has 1 saturated heterocycles. The highest BCUT2D eigenvalue weighted by Crippen LogP contribution is 2.44. The van der Waals surface area contributed by atoms with E-state index in [1.807, 2.05) is 0 Å². The Labute approximate surface area is 152 Å². The van der Waals surface area contributed by atoms with Crippen LogP contribution in [0.1, 0.15) is 33.1 Å². The van der Waals surface area contributed by atoms with Crippen LogP contribution in [0.15, 0.2) is 24.5 Å². The quantitative estimate of drug-likeness (QED) is 0.785. The van der Waals surface area contributed by atoms with E-state index < -0.39 is 29.5 Å². The van der Waals surface area contributed by atoms with Crippen molar-refractivity contribution in [2.75, 3.05) is 25.0 Å². The van der Waals surface area contributed by atoms with E-state index in [0.29, 0.717) is 25.2 Å². The van der Waals surface area contributed by atoms with Crippen LogP contribution in [0, 0.1) is 12.7 Å². The van der Waals surface area contributed by atoms with Gasteiger partial charge in [-0.25, -0.2) is 4.39 Å². The van der Waals surface area contributed by atoms with Gasteiger partial charge in [0.2, 0.25) is 0 Å². The molecule has 0 radical (unpaired) electrons. The number of aromatic nitrogens is 1. The number of alkyl halides is 3. The lowest BCUT2D eigenvalue weighted by Crippen LogP contribution is -2.44. The third-order valence-corrected chi connectivity index (χ3v) is 4.88. The largest absolute Gasteiger partial charge is 0.417 e. The molecule has 2 aliphatic rings. The number of amides is 1. The Bertz CT molecular complexity index is 928. The zero-order chi connectivity index (χ0) is 19.3. The molecule has 1 aromatic heterocycles. The van der Waals surface area contributed by atoms with E-state index in [1.165, 1.54) is 30.3 Å². The number of carbonyl (C=O) groups is 1. The second-order valence-corrected chi connectivity index (χ2v) is 6.65. The van der Waals surface area contributed by atoms with Gasteiger partial charge in [0.05, 0.1) is 29.1 Å². The molecule has 1 aromatic carbocycles. The van der Waals surface area contributed by atoms with Crippen LogP contribution in [0.5, 0.6) is 0 Å². The molecule has 3 heterocycles. The summed E-state index contributed by atoms with van der Waals surface area (Å²) in [5.74, 6) is -1.20. The highest BCUT2D eigenvalue weighted by Gasteiger charge is 2.45. The molecule has 2 aromatic rings. The van der Waals surface area contributed by atoms with Crippen molar-refractivity contribution in [2.45, 2.75) is 19.1 Å². The Morgan fingerprint density at radius 1 is 1.30 bits per heavy atom. The first-order valence-electron chi connectivity index (χ1n) is 8.41. The summed E-state index contributed by atoms with van der Waals surface area (Å²) in [6.07, 6.45) is -2.17. The van der Waals surface area contributed by atoms with Crippen LogP contribution in [0.25, 0.3) is 0 Å². The highest BCUT2D eigenvalue weighted by atomic mass is 19.4. The van der Waals surface area contributed by atoms with Crippen LogP contribution in [-0.4, -0.2) is 35.4 Å². The number of hydrogen-bond donors (Lipinski definition) is 2. The van der Waals surface area contributed by atoms with Crippen molar-refractivity contribution in [3.05, 3.63) is 52.6 Å². The second-order valence-electron chi connectivity index (χ2n) is 6.65. The Balaban J connectivity index is 1.84. The first-order chi connectivity index (χ1) is 12.8. The molecule has 0 saturated carbocycles. The summed E-state index contributed by atoms with van der Waals surface area (Å²) in [5, 5.41) is 5.77. The van der Waals surface area contributed by atoms with E-state index in [0.717, 1.165) is 6.07 Å². The standard InChI is InChI=1S/C18H16F4N4O/c1-9-6-24-7-13(16(9)19)25-10-4-11-14-8-23-2-3-26(14)17(27)15(11)12(5-10)18(20,21)22/h4-7,14,23,25H,2-3,8H2,1H3/t14-/m0/s1. The van der Waals surface area contributed by atoms with Crippen LogP contribution in [0.4, 0.5) is 28.9 Å². The number of pyridine rings is 1. The number of hydrogen-bond acceptors (Lipinski definition) is 4. The molecule has 2 N–H and O–H groups in total. The number of nitrogens with one attached hydrogen (secondary N) is 2. The van der Waals surface area contributed by atoms with E-state index in [2.05, 4.69) is 15.6 Å². The minimum absolute atomic E-state index is 0.0222. The lowest BCUT2D eigenvalue weighted by Gasteiger charge is -2.30. The second kappa shape index (κ2) is 6.19. The first-order valence-corrected chi connectivity index (χ1v) is 8.41. The van der Waals surface area contributed by atoms with Crippen molar-refractivity contribution < 1.29 is 22.4 Å². The van der Waals surface area contributed by atoms with Crippen molar-refractivity contribution in [3.63, 3.8) is 0 Å². The number of anilines is 2. The van der Waals surface area contributed by atoms with Crippen LogP contribution >= 0.6 is 0 Å². The van der Waals surface area contributed by atoms with E-state index in [-0.39, 0.29) is 22.5 Å². The molecule has 5 nitrogen and oxygen atoms in total. The zero-order valence-corrected chi connectivity index (χ0v) is 14.3. The Kier molecular flexibility index (Phi) is 4.06. The predicted octanol–water partition coefficient (Wildman–Crippen LogP) is 3.39. The minimum Gasteiger partial charge on any atom is -0.352 e. The van der Waals surface area contributed by atoms with Crippen molar-refractivity contribution >= 4 is 17.3 Å². The summed E-state index contributed by atoms with van der Waals surface area (Å²) >= 11 is 0. The highest BCUT2D eigenvalue weighted by molar-refractivity contribution is 6.01. The third-order valence-electron chi connectivity index (χ3n) is 4.88. The molecule has 27 heavy (non-hydrogen) atoms. The summed E-state index contributed by atoms with van der Waals surface area (Å²) in [4.78, 5) is 17.9. The van der Waals surface area contributed by atoms with Crippen molar-refractivity contribution in [2.24, 2.45) is 0 Å². The predicted molar refractivity (Wildman–Crippen MR) is 90.3 cm³/mol. The molecular weight excluding hydrogens is 364 g/mol. The van der Waals surface area contributed by atoms with E-state index in [1.54, 1.807) is 0 Å². The SMILES string of the molecule is Cc1cncc(Nc2cc3c(c(C(F)(F)F)c2)C(=O)N2CCNC[C@@H]32)c1F.